The summed E-state index contributed by atoms with van der Waals surface area (Å²) in [4.78, 5) is 22.1. The van der Waals surface area contributed by atoms with E-state index in [0.717, 1.165) is 34.2 Å². The fourth-order valence-corrected chi connectivity index (χ4v) is 5.13. The molecule has 0 radical (unpaired) electrons. The van der Waals surface area contributed by atoms with Gasteiger partial charge in [-0.25, -0.2) is 9.97 Å². The van der Waals surface area contributed by atoms with Gasteiger partial charge in [0.1, 0.15) is 11.5 Å². The predicted molar refractivity (Wildman–Crippen MR) is 135 cm³/mol. The summed E-state index contributed by atoms with van der Waals surface area (Å²) in [6.45, 7) is 0.544. The molecule has 2 fully saturated rings. The van der Waals surface area contributed by atoms with Crippen LogP contribution in [0.5, 0.6) is 0 Å². The second-order valence-electron chi connectivity index (χ2n) is 9.65. The van der Waals surface area contributed by atoms with E-state index in [1.165, 1.54) is 18.4 Å². The summed E-state index contributed by atoms with van der Waals surface area (Å²) >= 11 is 6.12. The lowest BCUT2D eigenvalue weighted by molar-refractivity contribution is -0.117. The minimum absolute atomic E-state index is 0.0189. The highest BCUT2D eigenvalue weighted by Gasteiger charge is 2.44. The number of nitrogens with one attached hydrogen (secondary N) is 1. The number of carbonyl (C=O) groups excluding carboxylic acids is 1. The zero-order chi connectivity index (χ0) is 23.5. The molecule has 174 valence electrons. The average Bonchev–Trinajstić information content (AvgIpc) is 3.76. The summed E-state index contributed by atoms with van der Waals surface area (Å²) in [6.07, 6.45) is 11.2. The van der Waals surface area contributed by atoms with Crippen molar-refractivity contribution in [1.82, 2.24) is 24.1 Å². The number of nitrogens with zero attached hydrogens (tertiary/aromatic N) is 5. The third-order valence-corrected chi connectivity index (χ3v) is 7.26. The number of carbonyl (C=O) groups is 1. The monoisotopic (exact) mass is 482 g/mol. The van der Waals surface area contributed by atoms with Gasteiger partial charge in [0.15, 0.2) is 0 Å². The number of amides is 1. The molecule has 1 amide bonds. The maximum absolute atomic E-state index is 12.9. The predicted octanol–water partition coefficient (Wildman–Crippen LogP) is 5.40. The second kappa shape index (κ2) is 7.92. The average molecular weight is 483 g/mol. The van der Waals surface area contributed by atoms with E-state index in [-0.39, 0.29) is 17.7 Å². The fraction of sp³-hybridized carbons (Fsp3) is 0.259. The van der Waals surface area contributed by atoms with Gasteiger partial charge in [-0.1, -0.05) is 29.8 Å². The van der Waals surface area contributed by atoms with Gasteiger partial charge < -0.3 is 9.72 Å². The molecule has 8 heteroatoms. The van der Waals surface area contributed by atoms with E-state index >= 15 is 0 Å². The summed E-state index contributed by atoms with van der Waals surface area (Å²) < 4.78 is 3.96. The van der Waals surface area contributed by atoms with Gasteiger partial charge in [-0.3, -0.25) is 9.48 Å². The maximum atomic E-state index is 12.9. The summed E-state index contributed by atoms with van der Waals surface area (Å²) in [5.41, 5.74) is 5.15. The lowest BCUT2D eigenvalue weighted by atomic mass is 10.1. The summed E-state index contributed by atoms with van der Waals surface area (Å²) in [6, 6.07) is 13.9. The van der Waals surface area contributed by atoms with Gasteiger partial charge in [-0.05, 0) is 66.5 Å². The molecular formula is C27H23ClN6O. The third kappa shape index (κ3) is 3.96. The van der Waals surface area contributed by atoms with Crippen LogP contribution in [0.1, 0.15) is 47.9 Å². The molecule has 2 aliphatic rings. The first-order valence-electron chi connectivity index (χ1n) is 12.0. The second-order valence-corrected chi connectivity index (χ2v) is 10.1. The molecule has 4 heterocycles. The molecule has 2 aliphatic carbocycles. The highest BCUT2D eigenvalue weighted by Crippen LogP contribution is 2.48. The minimum atomic E-state index is -0.0703. The zero-order valence-corrected chi connectivity index (χ0v) is 19.7. The molecular weight excluding hydrogens is 460 g/mol. The number of hydrogen-bond acceptors (Lipinski definition) is 4. The van der Waals surface area contributed by atoms with Crippen LogP contribution in [-0.4, -0.2) is 30.1 Å². The van der Waals surface area contributed by atoms with E-state index < -0.39 is 0 Å². The van der Waals surface area contributed by atoms with Crippen molar-refractivity contribution >= 4 is 39.9 Å². The number of benzene rings is 1. The van der Waals surface area contributed by atoms with Gasteiger partial charge in [0.2, 0.25) is 5.91 Å². The lowest BCUT2D eigenvalue weighted by Gasteiger charge is -2.05. The molecule has 2 saturated carbocycles. The van der Waals surface area contributed by atoms with Crippen molar-refractivity contribution in [1.29, 1.82) is 0 Å². The summed E-state index contributed by atoms with van der Waals surface area (Å²) in [7, 11) is 0. The Bertz CT molecular complexity index is 1600. The number of halogens is 1. The number of anilines is 1. The first-order chi connectivity index (χ1) is 17.1. The quantitative estimate of drug-likeness (QED) is 0.351. The van der Waals surface area contributed by atoms with Crippen molar-refractivity contribution in [2.75, 3.05) is 5.32 Å². The van der Waals surface area contributed by atoms with Crippen LogP contribution in [-0.2, 0) is 11.3 Å². The maximum Gasteiger partial charge on any atom is 0.229 e. The highest BCUT2D eigenvalue weighted by atomic mass is 35.5. The van der Waals surface area contributed by atoms with Crippen molar-refractivity contribution in [3.8, 4) is 0 Å². The van der Waals surface area contributed by atoms with Crippen molar-refractivity contribution in [2.45, 2.75) is 37.6 Å². The van der Waals surface area contributed by atoms with E-state index in [1.807, 2.05) is 41.2 Å². The molecule has 1 N–H and O–H groups in total. The van der Waals surface area contributed by atoms with Crippen LogP contribution in [0, 0.1) is 5.92 Å². The Kier molecular flexibility index (Phi) is 4.67. The Hall–Kier alpha value is -3.71. The number of imidazole rings is 1. The fourth-order valence-electron chi connectivity index (χ4n) is 4.94. The Morgan fingerprint density at radius 2 is 2.00 bits per heavy atom. The van der Waals surface area contributed by atoms with Crippen molar-refractivity contribution in [3.63, 3.8) is 0 Å². The number of fused-ring (bicyclic) bond motifs is 2. The molecule has 7 rings (SSSR count). The smallest absolute Gasteiger partial charge is 0.229 e. The van der Waals surface area contributed by atoms with Gasteiger partial charge in [0.05, 0.1) is 23.1 Å². The van der Waals surface area contributed by atoms with Crippen LogP contribution in [0.4, 0.5) is 5.82 Å². The van der Waals surface area contributed by atoms with E-state index in [1.54, 1.807) is 6.20 Å². The molecule has 7 nitrogen and oxygen atoms in total. The van der Waals surface area contributed by atoms with Gasteiger partial charge >= 0.3 is 0 Å². The Balaban J connectivity index is 1.09. The molecule has 5 aromatic rings. The Labute approximate surface area is 206 Å². The molecule has 35 heavy (non-hydrogen) atoms. The van der Waals surface area contributed by atoms with Crippen molar-refractivity contribution in [2.24, 2.45) is 5.92 Å². The Morgan fingerprint density at radius 1 is 1.09 bits per heavy atom. The number of pyridine rings is 2. The molecule has 2 unspecified atom stereocenters. The van der Waals surface area contributed by atoms with Crippen molar-refractivity contribution < 1.29 is 4.79 Å². The van der Waals surface area contributed by atoms with Gasteiger partial charge in [0.25, 0.3) is 0 Å². The number of rotatable bonds is 6. The minimum Gasteiger partial charge on any atom is -0.310 e. The van der Waals surface area contributed by atoms with Crippen molar-refractivity contribution in [3.05, 3.63) is 89.1 Å². The molecule has 0 spiro atoms. The van der Waals surface area contributed by atoms with E-state index in [9.17, 15) is 4.79 Å². The number of aromatic nitrogens is 5. The zero-order valence-electron chi connectivity index (χ0n) is 18.9. The molecule has 4 aromatic heterocycles. The summed E-state index contributed by atoms with van der Waals surface area (Å²) in [5, 5.41) is 9.24. The SMILES string of the molecule is O=C(Nc1nccc2nn(Cc3cn4cc(C5CC5)ccc4n3)cc12)C1CC1c1cccc(Cl)c1. The van der Waals surface area contributed by atoms with Crippen LogP contribution in [0.3, 0.4) is 0 Å². The first-order valence-corrected chi connectivity index (χ1v) is 12.3. The molecule has 0 saturated heterocycles. The van der Waals surface area contributed by atoms with Crippen LogP contribution in [0.15, 0.2) is 67.3 Å². The lowest BCUT2D eigenvalue weighted by Crippen LogP contribution is -2.15. The molecule has 2 atom stereocenters. The molecule has 0 bridgehead atoms. The molecule has 0 aliphatic heterocycles. The van der Waals surface area contributed by atoms with Crippen LogP contribution >= 0.6 is 11.6 Å². The summed E-state index contributed by atoms with van der Waals surface area (Å²) in [5.74, 6) is 1.36. The van der Waals surface area contributed by atoms with E-state index in [2.05, 4.69) is 39.2 Å². The van der Waals surface area contributed by atoms with Gasteiger partial charge in [-0.15, -0.1) is 0 Å². The normalized spacial score (nSPS) is 19.3. The topological polar surface area (TPSA) is 77.1 Å². The van der Waals surface area contributed by atoms with Gasteiger partial charge in [-0.2, -0.15) is 5.10 Å². The highest BCUT2D eigenvalue weighted by molar-refractivity contribution is 6.30. The number of hydrogen-bond donors (Lipinski definition) is 1. The first kappa shape index (κ1) is 20.6. The van der Waals surface area contributed by atoms with Crippen LogP contribution in [0.2, 0.25) is 5.02 Å². The van der Waals surface area contributed by atoms with E-state index in [0.29, 0.717) is 23.3 Å². The third-order valence-electron chi connectivity index (χ3n) is 7.02. The molecule has 1 aromatic carbocycles. The van der Waals surface area contributed by atoms with Crippen LogP contribution < -0.4 is 5.32 Å². The standard InChI is InChI=1S/C27H23ClN6O/c28-19-3-1-2-17(10-19)21-11-22(21)27(35)31-26-23-15-34(32-24(23)8-9-29-26)14-20-13-33-12-18(16-4-5-16)6-7-25(33)30-20/h1-3,6-10,12-13,15-16,21-22H,4-5,11,14H2,(H,29,31,35). The van der Waals surface area contributed by atoms with Gasteiger partial charge in [0, 0.05) is 35.7 Å². The Morgan fingerprint density at radius 3 is 2.86 bits per heavy atom. The van der Waals surface area contributed by atoms with E-state index in [4.69, 9.17) is 21.7 Å². The van der Waals surface area contributed by atoms with Crippen LogP contribution in [0.25, 0.3) is 16.6 Å². The largest absolute Gasteiger partial charge is 0.310 e.